The zero-order chi connectivity index (χ0) is 39.5. The number of carbonyl (C=O) groups excluding carboxylic acids is 2. The molecule has 2 aliphatic rings. The Kier molecular flexibility index (Phi) is 12.8. The fourth-order valence-corrected chi connectivity index (χ4v) is 7.77. The Morgan fingerprint density at radius 2 is 1.45 bits per heavy atom. The first-order chi connectivity index (χ1) is 24.5. The highest BCUT2D eigenvalue weighted by Crippen LogP contribution is 2.54. The Labute approximate surface area is 318 Å². The Bertz CT molecular complexity index is 1580. The van der Waals surface area contributed by atoms with Crippen LogP contribution in [0.25, 0.3) is 6.08 Å². The molecule has 1 aliphatic heterocycles. The second-order valence-corrected chi connectivity index (χ2v) is 22.6. The van der Waals surface area contributed by atoms with Crippen LogP contribution < -0.4 is 0 Å². The van der Waals surface area contributed by atoms with E-state index in [1.54, 1.807) is 41.5 Å². The highest BCUT2D eigenvalue weighted by Gasteiger charge is 2.76. The van der Waals surface area contributed by atoms with Crippen LogP contribution in [0.3, 0.4) is 0 Å². The number of benzene rings is 2. The Balaban J connectivity index is 2.05. The van der Waals surface area contributed by atoms with Gasteiger partial charge >= 0.3 is 11.9 Å². The van der Waals surface area contributed by atoms with Gasteiger partial charge < -0.3 is 33.2 Å². The van der Waals surface area contributed by atoms with Crippen LogP contribution >= 0.6 is 0 Å². The smallest absolute Gasteiger partial charge is 0.346 e. The van der Waals surface area contributed by atoms with Crippen LogP contribution in [0.15, 0.2) is 79.4 Å². The van der Waals surface area contributed by atoms with Gasteiger partial charge in [-0.1, -0.05) is 99.7 Å². The summed E-state index contributed by atoms with van der Waals surface area (Å²) in [5, 5.41) is 13.4. The normalized spacial score (nSPS) is 23.1. The number of hydrogen-bond donors (Lipinski definition) is 1. The van der Waals surface area contributed by atoms with E-state index < -0.39 is 66.8 Å². The Morgan fingerprint density at radius 3 is 1.96 bits per heavy atom. The average molecular weight is 751 g/mol. The number of esters is 2. The lowest BCUT2D eigenvalue weighted by molar-refractivity contribution is -0.258. The van der Waals surface area contributed by atoms with E-state index in [-0.39, 0.29) is 11.6 Å². The number of hydrogen-bond acceptors (Lipinski definition) is 9. The van der Waals surface area contributed by atoms with Crippen molar-refractivity contribution >= 4 is 26.3 Å². The molecule has 10 heteroatoms. The van der Waals surface area contributed by atoms with Crippen molar-refractivity contribution in [2.75, 3.05) is 0 Å². The standard InChI is InChI=1S/C43H62O9Si/c1-13-42(46,43(37(45)50-39(5,6)7)35(36(44)49-38(2,3)4)48-41(52-43)28-20-21-29-41)34(47-30-32-24-18-15-19-25-32)33(51-53(11,12)40(8,9)10)27-26-31-22-16-14-17-23-31/h13-19,22-27,33-35,46H,1,20-21,28-30H2,2-12H3/b27-26+/t33-,34+,35+,42+,43+/m0/s1. The van der Waals surface area contributed by atoms with Gasteiger partial charge in [-0.2, -0.15) is 0 Å². The van der Waals surface area contributed by atoms with Gasteiger partial charge in [-0.3, -0.25) is 0 Å². The van der Waals surface area contributed by atoms with Crippen LogP contribution in [0, 0.1) is 0 Å². The summed E-state index contributed by atoms with van der Waals surface area (Å²) in [6, 6.07) is 19.2. The number of carbonyl (C=O) groups is 2. The van der Waals surface area contributed by atoms with Crippen molar-refractivity contribution in [2.45, 2.75) is 159 Å². The van der Waals surface area contributed by atoms with E-state index in [0.29, 0.717) is 12.8 Å². The van der Waals surface area contributed by atoms with Gasteiger partial charge in [0.25, 0.3) is 0 Å². The molecule has 0 amide bonds. The van der Waals surface area contributed by atoms with Gasteiger partial charge in [0.2, 0.25) is 11.7 Å². The van der Waals surface area contributed by atoms with Crippen molar-refractivity contribution in [3.8, 4) is 0 Å². The van der Waals surface area contributed by atoms with Crippen molar-refractivity contribution in [2.24, 2.45) is 0 Å². The molecular weight excluding hydrogens is 689 g/mol. The first-order valence-electron chi connectivity index (χ1n) is 18.7. The minimum absolute atomic E-state index is 0.0195. The molecule has 0 radical (unpaired) electrons. The maximum atomic E-state index is 15.1. The van der Waals surface area contributed by atoms with Crippen molar-refractivity contribution in [1.29, 1.82) is 0 Å². The predicted octanol–water partition coefficient (Wildman–Crippen LogP) is 8.70. The Hall–Kier alpha value is -3.12. The number of ether oxygens (including phenoxy) is 5. The molecule has 53 heavy (non-hydrogen) atoms. The predicted molar refractivity (Wildman–Crippen MR) is 209 cm³/mol. The third kappa shape index (κ3) is 9.76. The summed E-state index contributed by atoms with van der Waals surface area (Å²) in [5.74, 6) is -3.26. The van der Waals surface area contributed by atoms with Crippen LogP contribution in [0.1, 0.15) is 99.1 Å². The molecule has 1 heterocycles. The van der Waals surface area contributed by atoms with Crippen molar-refractivity contribution in [3.05, 3.63) is 90.5 Å². The van der Waals surface area contributed by atoms with Crippen LogP contribution in [0.2, 0.25) is 18.1 Å². The van der Waals surface area contributed by atoms with Crippen LogP contribution in [-0.4, -0.2) is 71.9 Å². The van der Waals surface area contributed by atoms with E-state index in [9.17, 15) is 9.90 Å². The zero-order valence-electron chi connectivity index (χ0n) is 33.7. The van der Waals surface area contributed by atoms with Crippen LogP contribution in [-0.2, 0) is 44.3 Å². The van der Waals surface area contributed by atoms with E-state index in [1.165, 1.54) is 6.08 Å². The minimum Gasteiger partial charge on any atom is -0.458 e. The molecular formula is C43H62O9Si. The zero-order valence-corrected chi connectivity index (χ0v) is 34.7. The van der Waals surface area contributed by atoms with Gasteiger partial charge in [0.05, 0.1) is 12.7 Å². The van der Waals surface area contributed by atoms with E-state index >= 15 is 4.79 Å². The first-order valence-corrected chi connectivity index (χ1v) is 21.7. The van der Waals surface area contributed by atoms with E-state index in [4.69, 9.17) is 28.1 Å². The molecule has 5 atom stereocenters. The molecule has 1 aliphatic carbocycles. The van der Waals surface area contributed by atoms with Gasteiger partial charge in [0, 0.05) is 12.8 Å². The van der Waals surface area contributed by atoms with E-state index in [1.807, 2.05) is 72.8 Å². The third-order valence-corrected chi connectivity index (χ3v) is 14.6. The minimum atomic E-state index is -2.66. The molecule has 2 aromatic rings. The molecule has 2 aromatic carbocycles. The average Bonchev–Trinajstić information content (AvgIpc) is 3.67. The lowest BCUT2D eigenvalue weighted by atomic mass is 9.72. The second kappa shape index (κ2) is 15.9. The molecule has 1 N–H and O–H groups in total. The molecule has 4 rings (SSSR count). The molecule has 9 nitrogen and oxygen atoms in total. The molecule has 0 aromatic heterocycles. The van der Waals surface area contributed by atoms with Gasteiger partial charge in [-0.25, -0.2) is 9.59 Å². The van der Waals surface area contributed by atoms with Crippen molar-refractivity contribution in [1.82, 2.24) is 0 Å². The fraction of sp³-hybridized carbons (Fsp3) is 0.581. The quantitative estimate of drug-likeness (QED) is 0.122. The van der Waals surface area contributed by atoms with E-state index in [0.717, 1.165) is 24.0 Å². The topological polar surface area (TPSA) is 110 Å². The summed E-state index contributed by atoms with van der Waals surface area (Å²) >= 11 is 0. The maximum absolute atomic E-state index is 15.1. The molecule has 0 bridgehead atoms. The van der Waals surface area contributed by atoms with Gasteiger partial charge in [0.15, 0.2) is 19.7 Å². The molecule has 1 saturated carbocycles. The van der Waals surface area contributed by atoms with Crippen LogP contribution in [0.4, 0.5) is 0 Å². The monoisotopic (exact) mass is 750 g/mol. The largest absolute Gasteiger partial charge is 0.458 e. The number of rotatable bonds is 13. The SMILES string of the molecule is C=C[C@@](O)([C@H](OCc1ccccc1)[C@H](/C=C/c1ccccc1)O[Si](C)(C)C(C)(C)C)[C@@]1(C(=O)OC(C)(C)C)OC2(CCCC2)O[C@@H]1C(=O)OC(C)(C)C. The summed E-state index contributed by atoms with van der Waals surface area (Å²) in [6.45, 7) is 25.0. The first kappa shape index (κ1) is 42.6. The summed E-state index contributed by atoms with van der Waals surface area (Å²) in [7, 11) is -2.66. The molecule has 0 unspecified atom stereocenters. The van der Waals surface area contributed by atoms with Gasteiger partial charge in [0.1, 0.15) is 17.3 Å². The maximum Gasteiger partial charge on any atom is 0.346 e. The van der Waals surface area contributed by atoms with E-state index in [2.05, 4.69) is 40.4 Å². The lowest BCUT2D eigenvalue weighted by Crippen LogP contribution is -2.73. The van der Waals surface area contributed by atoms with Gasteiger partial charge in [-0.15, -0.1) is 6.58 Å². The molecule has 1 saturated heterocycles. The highest BCUT2D eigenvalue weighted by molar-refractivity contribution is 6.74. The second-order valence-electron chi connectivity index (χ2n) is 17.8. The molecule has 1 spiro atoms. The Morgan fingerprint density at radius 1 is 0.906 bits per heavy atom. The number of aliphatic hydroxyl groups is 1. The molecule has 292 valence electrons. The highest BCUT2D eigenvalue weighted by atomic mass is 28.4. The van der Waals surface area contributed by atoms with Crippen molar-refractivity contribution in [3.63, 3.8) is 0 Å². The molecule has 2 fully saturated rings. The van der Waals surface area contributed by atoms with Gasteiger partial charge in [-0.05, 0) is 83.6 Å². The summed E-state index contributed by atoms with van der Waals surface area (Å²) < 4.78 is 39.5. The lowest BCUT2D eigenvalue weighted by Gasteiger charge is -2.50. The fourth-order valence-electron chi connectivity index (χ4n) is 6.53. The third-order valence-electron chi connectivity index (χ3n) is 10.2. The summed E-state index contributed by atoms with van der Waals surface area (Å²) in [4.78, 5) is 29.5. The summed E-state index contributed by atoms with van der Waals surface area (Å²) in [6.07, 6.45) is 3.03. The van der Waals surface area contributed by atoms with Crippen LogP contribution in [0.5, 0.6) is 0 Å². The van der Waals surface area contributed by atoms with Crippen molar-refractivity contribution < 1.29 is 42.8 Å². The summed E-state index contributed by atoms with van der Waals surface area (Å²) in [5.41, 5.74) is -5.36.